The molecule has 0 aromatic heterocycles. The molecule has 0 fully saturated rings. The van der Waals surface area contributed by atoms with Crippen molar-refractivity contribution in [1.82, 2.24) is 0 Å². The van der Waals surface area contributed by atoms with Gasteiger partial charge in [-0.2, -0.15) is 0 Å². The summed E-state index contributed by atoms with van der Waals surface area (Å²) in [7, 11) is 0. The lowest BCUT2D eigenvalue weighted by Crippen LogP contribution is -1.91. The minimum Gasteiger partial charge on any atom is -0.457 e. The lowest BCUT2D eigenvalue weighted by atomic mass is 10.1. The highest BCUT2D eigenvalue weighted by Crippen LogP contribution is 2.28. The average molecular weight is 305 g/mol. The molecule has 2 nitrogen and oxygen atoms in total. The smallest absolute Gasteiger partial charge is 0.153 e. The van der Waals surface area contributed by atoms with Gasteiger partial charge in [0.1, 0.15) is 11.5 Å². The lowest BCUT2D eigenvalue weighted by Gasteiger charge is -2.09. The van der Waals surface area contributed by atoms with Crippen molar-refractivity contribution in [3.63, 3.8) is 0 Å². The fraction of sp³-hybridized carbons (Fsp3) is 0.133. The molecular formula is C15H13BrO2. The van der Waals surface area contributed by atoms with E-state index in [1.807, 2.05) is 50.2 Å². The van der Waals surface area contributed by atoms with Gasteiger partial charge < -0.3 is 4.74 Å². The maximum Gasteiger partial charge on any atom is 0.153 e. The first kappa shape index (κ1) is 12.8. The number of halogens is 1. The number of aryl methyl sites for hydroxylation is 2. The maximum atomic E-state index is 11.0. The maximum absolute atomic E-state index is 11.0. The molecule has 0 aliphatic rings. The molecule has 0 bridgehead atoms. The molecule has 3 heteroatoms. The number of benzene rings is 2. The zero-order valence-electron chi connectivity index (χ0n) is 10.2. The number of carbonyl (C=O) groups is 1. The van der Waals surface area contributed by atoms with Crippen molar-refractivity contribution in [1.29, 1.82) is 0 Å². The summed E-state index contributed by atoms with van der Waals surface area (Å²) < 4.78 is 6.78. The van der Waals surface area contributed by atoms with Crippen molar-refractivity contribution < 1.29 is 9.53 Å². The van der Waals surface area contributed by atoms with E-state index in [9.17, 15) is 4.79 Å². The van der Waals surface area contributed by atoms with Gasteiger partial charge in [0.2, 0.25) is 0 Å². The first-order valence-corrected chi connectivity index (χ1v) is 6.39. The Morgan fingerprint density at radius 3 is 2.56 bits per heavy atom. The summed E-state index contributed by atoms with van der Waals surface area (Å²) in [6, 6.07) is 11.3. The minimum absolute atomic E-state index is 0.565. The topological polar surface area (TPSA) is 26.3 Å². The van der Waals surface area contributed by atoms with Gasteiger partial charge >= 0.3 is 0 Å². The predicted octanol–water partition coefficient (Wildman–Crippen LogP) is 4.67. The summed E-state index contributed by atoms with van der Waals surface area (Å²) >= 11 is 3.44. The van der Waals surface area contributed by atoms with Gasteiger partial charge in [0.05, 0.1) is 5.56 Å². The van der Waals surface area contributed by atoms with Crippen LogP contribution in [-0.4, -0.2) is 6.29 Å². The van der Waals surface area contributed by atoms with Crippen molar-refractivity contribution in [2.45, 2.75) is 13.8 Å². The molecule has 2 aromatic carbocycles. The molecule has 0 atom stereocenters. The van der Waals surface area contributed by atoms with Gasteiger partial charge in [-0.15, -0.1) is 0 Å². The van der Waals surface area contributed by atoms with Gasteiger partial charge in [0, 0.05) is 4.47 Å². The Labute approximate surface area is 115 Å². The monoisotopic (exact) mass is 304 g/mol. The molecule has 2 rings (SSSR count). The Morgan fingerprint density at radius 1 is 1.11 bits per heavy atom. The van der Waals surface area contributed by atoms with Gasteiger partial charge in [-0.25, -0.2) is 0 Å². The van der Waals surface area contributed by atoms with Crippen LogP contribution in [0.4, 0.5) is 0 Å². The third kappa shape index (κ3) is 2.79. The summed E-state index contributed by atoms with van der Waals surface area (Å²) in [4.78, 5) is 11.0. The molecule has 0 N–H and O–H groups in total. The lowest BCUT2D eigenvalue weighted by molar-refractivity contribution is 0.112. The summed E-state index contributed by atoms with van der Waals surface area (Å²) in [6.45, 7) is 3.94. The number of rotatable bonds is 3. The van der Waals surface area contributed by atoms with Gasteiger partial charge in [-0.3, -0.25) is 4.79 Å². The van der Waals surface area contributed by atoms with Crippen LogP contribution in [0.1, 0.15) is 21.5 Å². The molecule has 0 radical (unpaired) electrons. The van der Waals surface area contributed by atoms with Crippen molar-refractivity contribution in [3.05, 3.63) is 57.6 Å². The van der Waals surface area contributed by atoms with Gasteiger partial charge in [0.25, 0.3) is 0 Å². The molecule has 2 aromatic rings. The van der Waals surface area contributed by atoms with Crippen LogP contribution >= 0.6 is 15.9 Å². The third-order valence-electron chi connectivity index (χ3n) is 2.65. The molecule has 0 aliphatic carbocycles. The summed E-state index contributed by atoms with van der Waals surface area (Å²) in [6.07, 6.45) is 0.814. The molecule has 0 unspecified atom stereocenters. The normalized spacial score (nSPS) is 10.2. The number of aldehydes is 1. The van der Waals surface area contributed by atoms with Crippen LogP contribution in [0.5, 0.6) is 11.5 Å². The first-order chi connectivity index (χ1) is 8.60. The number of hydrogen-bond acceptors (Lipinski definition) is 2. The minimum atomic E-state index is 0.565. The van der Waals surface area contributed by atoms with Crippen molar-refractivity contribution in [2.75, 3.05) is 0 Å². The van der Waals surface area contributed by atoms with Crippen LogP contribution in [0.3, 0.4) is 0 Å². The zero-order valence-corrected chi connectivity index (χ0v) is 11.8. The molecule has 0 saturated heterocycles. The largest absolute Gasteiger partial charge is 0.457 e. The first-order valence-electron chi connectivity index (χ1n) is 5.60. The van der Waals surface area contributed by atoms with Crippen molar-refractivity contribution in [3.8, 4) is 11.5 Å². The quantitative estimate of drug-likeness (QED) is 0.770. The van der Waals surface area contributed by atoms with Crippen molar-refractivity contribution in [2.24, 2.45) is 0 Å². The van der Waals surface area contributed by atoms with E-state index in [4.69, 9.17) is 4.74 Å². The van der Waals surface area contributed by atoms with E-state index in [1.165, 1.54) is 0 Å². The second-order valence-corrected chi connectivity index (χ2v) is 5.03. The molecule has 0 saturated carbocycles. The molecule has 0 heterocycles. The SMILES string of the molecule is Cc1ccc(Oc2ccc(Br)c(C)c2)c(C=O)c1. The fourth-order valence-corrected chi connectivity index (χ4v) is 1.91. The van der Waals surface area contributed by atoms with E-state index in [1.54, 1.807) is 0 Å². The van der Waals surface area contributed by atoms with E-state index >= 15 is 0 Å². The van der Waals surface area contributed by atoms with Crippen LogP contribution < -0.4 is 4.74 Å². The molecule has 0 aliphatic heterocycles. The second-order valence-electron chi connectivity index (χ2n) is 4.17. The Bertz CT molecular complexity index is 591. The fourth-order valence-electron chi connectivity index (χ4n) is 1.66. The predicted molar refractivity (Wildman–Crippen MR) is 75.5 cm³/mol. The molecule has 0 amide bonds. The Kier molecular flexibility index (Phi) is 3.82. The third-order valence-corrected chi connectivity index (χ3v) is 3.54. The van der Waals surface area contributed by atoms with Gasteiger partial charge in [-0.05, 0) is 49.7 Å². The summed E-state index contributed by atoms with van der Waals surface area (Å²) in [5, 5.41) is 0. The van der Waals surface area contributed by atoms with Crippen LogP contribution in [-0.2, 0) is 0 Å². The molecule has 18 heavy (non-hydrogen) atoms. The average Bonchev–Trinajstić information content (AvgIpc) is 2.36. The van der Waals surface area contributed by atoms with Gasteiger partial charge in [-0.1, -0.05) is 27.6 Å². The summed E-state index contributed by atoms with van der Waals surface area (Å²) in [5.74, 6) is 1.31. The molecular weight excluding hydrogens is 292 g/mol. The van der Waals surface area contributed by atoms with Crippen LogP contribution in [0.25, 0.3) is 0 Å². The zero-order chi connectivity index (χ0) is 13.1. The van der Waals surface area contributed by atoms with Gasteiger partial charge in [0.15, 0.2) is 6.29 Å². The van der Waals surface area contributed by atoms with Crippen LogP contribution in [0.2, 0.25) is 0 Å². The van der Waals surface area contributed by atoms with E-state index in [0.29, 0.717) is 11.3 Å². The highest BCUT2D eigenvalue weighted by atomic mass is 79.9. The van der Waals surface area contributed by atoms with Crippen LogP contribution in [0.15, 0.2) is 40.9 Å². The van der Waals surface area contributed by atoms with E-state index < -0.39 is 0 Å². The molecule has 92 valence electrons. The number of ether oxygens (including phenoxy) is 1. The van der Waals surface area contributed by atoms with Crippen LogP contribution in [0, 0.1) is 13.8 Å². The van der Waals surface area contributed by atoms with E-state index in [0.717, 1.165) is 27.6 Å². The highest BCUT2D eigenvalue weighted by Gasteiger charge is 2.05. The van der Waals surface area contributed by atoms with E-state index in [2.05, 4.69) is 15.9 Å². The van der Waals surface area contributed by atoms with Crippen molar-refractivity contribution >= 4 is 22.2 Å². The Hall–Kier alpha value is -1.61. The summed E-state index contributed by atoms with van der Waals surface area (Å²) in [5.41, 5.74) is 2.69. The highest BCUT2D eigenvalue weighted by molar-refractivity contribution is 9.10. The second kappa shape index (κ2) is 5.36. The standard InChI is InChI=1S/C15H13BrO2/c1-10-3-6-15(12(7-10)9-17)18-13-4-5-14(16)11(2)8-13/h3-9H,1-2H3. The number of carbonyl (C=O) groups excluding carboxylic acids is 1. The molecule has 0 spiro atoms. The Morgan fingerprint density at radius 2 is 1.89 bits per heavy atom. The number of hydrogen-bond donors (Lipinski definition) is 0. The van der Waals surface area contributed by atoms with E-state index in [-0.39, 0.29) is 0 Å². The Balaban J connectivity index is 2.33.